The zero-order valence-electron chi connectivity index (χ0n) is 13.7. The third kappa shape index (κ3) is 3.11. The first-order chi connectivity index (χ1) is 11.2. The molecule has 1 amide bonds. The Morgan fingerprint density at radius 3 is 2.70 bits per heavy atom. The highest BCUT2D eigenvalue weighted by Gasteiger charge is 2.29. The molecule has 122 valence electrons. The SMILES string of the molecule is CC1CCN(CC(=O)Nc2nc3ccccc3n2C2CC2)CC1. The number of hydrogen-bond acceptors (Lipinski definition) is 3. The molecular weight excluding hydrogens is 288 g/mol. The number of carbonyl (C=O) groups excluding carboxylic acids is 1. The van der Waals surface area contributed by atoms with Crippen LogP contribution in [-0.2, 0) is 4.79 Å². The van der Waals surface area contributed by atoms with Crippen LogP contribution in [0.1, 0.15) is 38.6 Å². The molecule has 0 bridgehead atoms. The van der Waals surface area contributed by atoms with Crippen LogP contribution in [0.5, 0.6) is 0 Å². The second kappa shape index (κ2) is 5.96. The van der Waals surface area contributed by atoms with Gasteiger partial charge in [0.05, 0.1) is 17.6 Å². The van der Waals surface area contributed by atoms with Crippen LogP contribution in [-0.4, -0.2) is 40.0 Å². The second-order valence-corrected chi connectivity index (χ2v) is 7.03. The van der Waals surface area contributed by atoms with Crippen molar-refractivity contribution in [2.75, 3.05) is 25.0 Å². The number of imidazole rings is 1. The third-order valence-electron chi connectivity index (χ3n) is 5.00. The Bertz CT molecular complexity index is 711. The molecule has 2 aromatic rings. The van der Waals surface area contributed by atoms with Crippen LogP contribution in [0.15, 0.2) is 24.3 Å². The fourth-order valence-electron chi connectivity index (χ4n) is 3.42. The summed E-state index contributed by atoms with van der Waals surface area (Å²) in [5.41, 5.74) is 2.08. The number of amides is 1. The van der Waals surface area contributed by atoms with Gasteiger partial charge in [-0.2, -0.15) is 0 Å². The van der Waals surface area contributed by atoms with Gasteiger partial charge in [0.1, 0.15) is 0 Å². The fraction of sp³-hybridized carbons (Fsp3) is 0.556. The lowest BCUT2D eigenvalue weighted by atomic mass is 9.99. The van der Waals surface area contributed by atoms with Crippen LogP contribution in [0.25, 0.3) is 11.0 Å². The van der Waals surface area contributed by atoms with Crippen molar-refractivity contribution in [3.05, 3.63) is 24.3 Å². The molecule has 2 fully saturated rings. The molecule has 1 N–H and O–H groups in total. The Morgan fingerprint density at radius 2 is 1.96 bits per heavy atom. The lowest BCUT2D eigenvalue weighted by Gasteiger charge is -2.29. The monoisotopic (exact) mass is 312 g/mol. The average molecular weight is 312 g/mol. The van der Waals surface area contributed by atoms with Gasteiger partial charge in [-0.3, -0.25) is 15.0 Å². The molecule has 0 atom stereocenters. The highest BCUT2D eigenvalue weighted by molar-refractivity contribution is 5.93. The first kappa shape index (κ1) is 14.7. The Balaban J connectivity index is 1.49. The molecule has 1 aliphatic heterocycles. The van der Waals surface area contributed by atoms with E-state index in [1.54, 1.807) is 0 Å². The van der Waals surface area contributed by atoms with Gasteiger partial charge in [0.25, 0.3) is 0 Å². The summed E-state index contributed by atoms with van der Waals surface area (Å²) < 4.78 is 2.20. The normalized spacial score (nSPS) is 20.0. The van der Waals surface area contributed by atoms with Crippen molar-refractivity contribution in [1.29, 1.82) is 0 Å². The van der Waals surface area contributed by atoms with Gasteiger partial charge in [0.15, 0.2) is 0 Å². The van der Waals surface area contributed by atoms with E-state index in [-0.39, 0.29) is 5.91 Å². The predicted octanol–water partition coefficient (Wildman–Crippen LogP) is 3.04. The van der Waals surface area contributed by atoms with Crippen LogP contribution in [0.2, 0.25) is 0 Å². The van der Waals surface area contributed by atoms with Crippen molar-refractivity contribution in [3.8, 4) is 0 Å². The van der Waals surface area contributed by atoms with E-state index < -0.39 is 0 Å². The van der Waals surface area contributed by atoms with E-state index in [0.29, 0.717) is 18.5 Å². The molecule has 5 heteroatoms. The molecular formula is C18H24N4O. The number of likely N-dealkylation sites (tertiary alicyclic amines) is 1. The second-order valence-electron chi connectivity index (χ2n) is 7.03. The molecule has 23 heavy (non-hydrogen) atoms. The van der Waals surface area contributed by atoms with E-state index in [1.807, 2.05) is 18.2 Å². The van der Waals surface area contributed by atoms with Crippen LogP contribution < -0.4 is 5.32 Å². The lowest BCUT2D eigenvalue weighted by Crippen LogP contribution is -2.39. The highest BCUT2D eigenvalue weighted by atomic mass is 16.2. The van der Waals surface area contributed by atoms with Crippen LogP contribution in [0.3, 0.4) is 0 Å². The smallest absolute Gasteiger partial charge is 0.240 e. The van der Waals surface area contributed by atoms with Crippen molar-refractivity contribution in [2.24, 2.45) is 5.92 Å². The maximum absolute atomic E-state index is 12.4. The highest BCUT2D eigenvalue weighted by Crippen LogP contribution is 2.40. The van der Waals surface area contributed by atoms with E-state index in [9.17, 15) is 4.79 Å². The number of fused-ring (bicyclic) bond motifs is 1. The van der Waals surface area contributed by atoms with Gasteiger partial charge in [0.2, 0.25) is 11.9 Å². The summed E-state index contributed by atoms with van der Waals surface area (Å²) in [5.74, 6) is 1.55. The predicted molar refractivity (Wildman–Crippen MR) is 91.5 cm³/mol. The Labute approximate surface area is 136 Å². The first-order valence-corrected chi connectivity index (χ1v) is 8.70. The van der Waals surface area contributed by atoms with Crippen molar-refractivity contribution < 1.29 is 4.79 Å². The first-order valence-electron chi connectivity index (χ1n) is 8.70. The van der Waals surface area contributed by atoms with Crippen LogP contribution in [0, 0.1) is 5.92 Å². The summed E-state index contributed by atoms with van der Waals surface area (Å²) >= 11 is 0. The number of aromatic nitrogens is 2. The number of carbonyl (C=O) groups is 1. The number of nitrogens with zero attached hydrogens (tertiary/aromatic N) is 3. The quantitative estimate of drug-likeness (QED) is 0.944. The number of nitrogens with one attached hydrogen (secondary N) is 1. The van der Waals surface area contributed by atoms with Crippen molar-refractivity contribution in [2.45, 2.75) is 38.6 Å². The third-order valence-corrected chi connectivity index (χ3v) is 5.00. The fourth-order valence-corrected chi connectivity index (χ4v) is 3.42. The maximum atomic E-state index is 12.4. The molecule has 1 saturated heterocycles. The minimum absolute atomic E-state index is 0.0526. The molecule has 0 spiro atoms. The topological polar surface area (TPSA) is 50.2 Å². The van der Waals surface area contributed by atoms with Gasteiger partial charge in [-0.15, -0.1) is 0 Å². The van der Waals surface area contributed by atoms with Crippen molar-refractivity contribution in [1.82, 2.24) is 14.5 Å². The number of rotatable bonds is 4. The molecule has 1 aromatic carbocycles. The summed E-state index contributed by atoms with van der Waals surface area (Å²) in [7, 11) is 0. The Hall–Kier alpha value is -1.88. The number of benzene rings is 1. The maximum Gasteiger partial charge on any atom is 0.240 e. The van der Waals surface area contributed by atoms with Gasteiger partial charge < -0.3 is 4.57 Å². The van der Waals surface area contributed by atoms with E-state index in [2.05, 4.69) is 32.8 Å². The molecule has 2 heterocycles. The zero-order valence-corrected chi connectivity index (χ0v) is 13.7. The van der Waals surface area contributed by atoms with Gasteiger partial charge in [0, 0.05) is 6.04 Å². The van der Waals surface area contributed by atoms with E-state index >= 15 is 0 Å². The van der Waals surface area contributed by atoms with Gasteiger partial charge in [-0.1, -0.05) is 19.1 Å². The molecule has 1 saturated carbocycles. The zero-order chi connectivity index (χ0) is 15.8. The summed E-state index contributed by atoms with van der Waals surface area (Å²) in [6, 6.07) is 8.61. The van der Waals surface area contributed by atoms with Gasteiger partial charge in [-0.05, 0) is 56.8 Å². The van der Waals surface area contributed by atoms with E-state index in [4.69, 9.17) is 0 Å². The molecule has 1 aliphatic carbocycles. The van der Waals surface area contributed by atoms with Gasteiger partial charge in [-0.25, -0.2) is 4.98 Å². The number of anilines is 1. The molecule has 2 aliphatic rings. The number of para-hydroxylation sites is 2. The average Bonchev–Trinajstić information content (AvgIpc) is 3.31. The van der Waals surface area contributed by atoms with E-state index in [0.717, 1.165) is 30.0 Å². The van der Waals surface area contributed by atoms with Gasteiger partial charge >= 0.3 is 0 Å². The summed E-state index contributed by atoms with van der Waals surface area (Å²) in [6.07, 6.45) is 4.72. The Kier molecular flexibility index (Phi) is 3.81. The largest absolute Gasteiger partial charge is 0.307 e. The standard InChI is InChI=1S/C18H24N4O/c1-13-8-10-21(11-9-13)12-17(23)20-18-19-15-4-2-3-5-16(15)22(18)14-6-7-14/h2-5,13-14H,6-12H2,1H3,(H,19,20,23). The van der Waals surface area contributed by atoms with Crippen LogP contribution in [0.4, 0.5) is 5.95 Å². The molecule has 5 nitrogen and oxygen atoms in total. The van der Waals surface area contributed by atoms with E-state index in [1.165, 1.54) is 25.7 Å². The number of hydrogen-bond donors (Lipinski definition) is 1. The molecule has 1 aromatic heterocycles. The minimum Gasteiger partial charge on any atom is -0.307 e. The minimum atomic E-state index is 0.0526. The molecule has 0 unspecified atom stereocenters. The van der Waals surface area contributed by atoms with Crippen molar-refractivity contribution in [3.63, 3.8) is 0 Å². The van der Waals surface area contributed by atoms with Crippen LogP contribution >= 0.6 is 0 Å². The van der Waals surface area contributed by atoms with Crippen molar-refractivity contribution >= 4 is 22.9 Å². The summed E-state index contributed by atoms with van der Waals surface area (Å²) in [6.45, 7) is 4.80. The number of piperidine rings is 1. The molecule has 4 rings (SSSR count). The molecule has 0 radical (unpaired) electrons. The summed E-state index contributed by atoms with van der Waals surface area (Å²) in [4.78, 5) is 19.3. The Morgan fingerprint density at radius 1 is 1.22 bits per heavy atom. The summed E-state index contributed by atoms with van der Waals surface area (Å²) in [5, 5.41) is 3.05. The lowest BCUT2D eigenvalue weighted by molar-refractivity contribution is -0.117.